The maximum absolute atomic E-state index is 13.9. The molecule has 178 valence electrons. The number of allylic oxidation sites excluding steroid dienone is 1. The van der Waals surface area contributed by atoms with Crippen molar-refractivity contribution >= 4 is 12.0 Å². The van der Waals surface area contributed by atoms with Crippen LogP contribution in [0.1, 0.15) is 95.9 Å². The number of hydrogen-bond acceptors (Lipinski definition) is 3. The predicted molar refractivity (Wildman–Crippen MR) is 137 cm³/mol. The molecule has 0 heterocycles. The number of benzene rings is 2. The molecule has 3 rings (SSSR count). The molecule has 3 heteroatoms. The van der Waals surface area contributed by atoms with Crippen LogP contribution < -0.4 is 9.47 Å². The number of carbonyl (C=O) groups excluding carboxylic acids is 1. The third-order valence-corrected chi connectivity index (χ3v) is 6.54. The molecule has 0 spiro atoms. The monoisotopic (exact) mass is 448 g/mol. The zero-order valence-electron chi connectivity index (χ0n) is 21.6. The fraction of sp³-hybridized carbons (Fsp3) is 0.500. The van der Waals surface area contributed by atoms with E-state index in [1.54, 1.807) is 7.11 Å². The molecular weight excluding hydrogens is 408 g/mol. The fourth-order valence-electron chi connectivity index (χ4n) is 4.63. The van der Waals surface area contributed by atoms with Gasteiger partial charge in [0.1, 0.15) is 11.5 Å². The third kappa shape index (κ3) is 5.51. The highest BCUT2D eigenvalue weighted by atomic mass is 16.5. The van der Waals surface area contributed by atoms with E-state index in [1.165, 1.54) is 0 Å². The molecule has 1 aliphatic rings. The summed E-state index contributed by atoms with van der Waals surface area (Å²) in [5.41, 5.74) is 3.73. The summed E-state index contributed by atoms with van der Waals surface area (Å²) in [4.78, 5) is 13.9. The fourth-order valence-corrected chi connectivity index (χ4v) is 4.63. The largest absolute Gasteiger partial charge is 0.497 e. The number of unbranched alkanes of at least 4 members (excludes halogenated alkanes) is 1. The van der Waals surface area contributed by atoms with Crippen LogP contribution in [-0.4, -0.2) is 13.1 Å². The SMILES string of the molecule is CCCC[C@@H]1C=Cc2ccccc2[C@@H]1C(=O)Oc1c(C(C)(C)C)cc(OC)cc1C(C)(C)C. The lowest BCUT2D eigenvalue weighted by Crippen LogP contribution is -2.30. The topological polar surface area (TPSA) is 35.5 Å². The highest BCUT2D eigenvalue weighted by molar-refractivity contribution is 5.85. The Hall–Kier alpha value is -2.55. The van der Waals surface area contributed by atoms with E-state index >= 15 is 0 Å². The molecule has 0 aromatic heterocycles. The molecule has 2 atom stereocenters. The maximum Gasteiger partial charge on any atom is 0.319 e. The second-order valence-electron chi connectivity index (χ2n) is 11.2. The Morgan fingerprint density at radius 3 is 2.12 bits per heavy atom. The van der Waals surface area contributed by atoms with E-state index in [1.807, 2.05) is 24.3 Å². The van der Waals surface area contributed by atoms with Gasteiger partial charge >= 0.3 is 5.97 Å². The summed E-state index contributed by atoms with van der Waals surface area (Å²) in [6.45, 7) is 15.1. The lowest BCUT2D eigenvalue weighted by atomic mass is 9.76. The van der Waals surface area contributed by atoms with Crippen LogP contribution in [0.25, 0.3) is 6.08 Å². The van der Waals surface area contributed by atoms with Crippen molar-refractivity contribution in [2.24, 2.45) is 5.92 Å². The number of methoxy groups -OCH3 is 1. The first-order chi connectivity index (χ1) is 15.5. The zero-order valence-corrected chi connectivity index (χ0v) is 21.6. The predicted octanol–water partition coefficient (Wildman–Crippen LogP) is 7.81. The molecule has 0 fully saturated rings. The number of rotatable bonds is 6. The van der Waals surface area contributed by atoms with Crippen molar-refractivity contribution in [1.82, 2.24) is 0 Å². The molecule has 1 aliphatic carbocycles. The number of ether oxygens (including phenoxy) is 2. The molecule has 0 saturated heterocycles. The highest BCUT2D eigenvalue weighted by Gasteiger charge is 2.36. The zero-order chi connectivity index (χ0) is 24.4. The van der Waals surface area contributed by atoms with Crippen molar-refractivity contribution in [3.63, 3.8) is 0 Å². The van der Waals surface area contributed by atoms with Gasteiger partial charge in [-0.15, -0.1) is 0 Å². The first-order valence-corrected chi connectivity index (χ1v) is 12.2. The van der Waals surface area contributed by atoms with Crippen LogP contribution in [0.4, 0.5) is 0 Å². The Kier molecular flexibility index (Phi) is 7.41. The van der Waals surface area contributed by atoms with Crippen molar-refractivity contribution in [2.75, 3.05) is 7.11 Å². The second kappa shape index (κ2) is 9.75. The average molecular weight is 449 g/mol. The molecule has 33 heavy (non-hydrogen) atoms. The Morgan fingerprint density at radius 1 is 0.970 bits per heavy atom. The lowest BCUT2D eigenvalue weighted by Gasteiger charge is -2.32. The van der Waals surface area contributed by atoms with Crippen molar-refractivity contribution in [1.29, 1.82) is 0 Å². The molecule has 0 unspecified atom stereocenters. The van der Waals surface area contributed by atoms with Gasteiger partial charge in [0, 0.05) is 11.1 Å². The van der Waals surface area contributed by atoms with Crippen LogP contribution in [0.15, 0.2) is 42.5 Å². The first kappa shape index (κ1) is 25.1. The van der Waals surface area contributed by atoms with E-state index < -0.39 is 0 Å². The Morgan fingerprint density at radius 2 is 1.58 bits per heavy atom. The van der Waals surface area contributed by atoms with E-state index in [0.29, 0.717) is 5.75 Å². The summed E-state index contributed by atoms with van der Waals surface area (Å²) < 4.78 is 12.0. The molecular formula is C30H40O3. The van der Waals surface area contributed by atoms with Crippen LogP contribution >= 0.6 is 0 Å². The van der Waals surface area contributed by atoms with Gasteiger partial charge in [-0.3, -0.25) is 4.79 Å². The molecule has 0 N–H and O–H groups in total. The molecule has 0 amide bonds. The Labute approximate surface area is 200 Å². The second-order valence-corrected chi connectivity index (χ2v) is 11.2. The maximum atomic E-state index is 13.9. The van der Waals surface area contributed by atoms with Crippen LogP contribution in [0.2, 0.25) is 0 Å². The van der Waals surface area contributed by atoms with Gasteiger partial charge in [-0.05, 0) is 46.4 Å². The summed E-state index contributed by atoms with van der Waals surface area (Å²) in [5, 5.41) is 0. The summed E-state index contributed by atoms with van der Waals surface area (Å²) in [6.07, 6.45) is 7.53. The molecule has 0 radical (unpaired) electrons. The minimum Gasteiger partial charge on any atom is -0.497 e. The van der Waals surface area contributed by atoms with Gasteiger partial charge in [-0.1, -0.05) is 97.7 Å². The summed E-state index contributed by atoms with van der Waals surface area (Å²) >= 11 is 0. The van der Waals surface area contributed by atoms with Gasteiger partial charge in [-0.25, -0.2) is 0 Å². The van der Waals surface area contributed by atoms with E-state index in [-0.39, 0.29) is 28.6 Å². The summed E-state index contributed by atoms with van der Waals surface area (Å²) in [5.74, 6) is 1.13. The van der Waals surface area contributed by atoms with E-state index in [9.17, 15) is 4.79 Å². The third-order valence-electron chi connectivity index (χ3n) is 6.54. The Bertz CT molecular complexity index is 983. The number of hydrogen-bond donors (Lipinski definition) is 0. The number of esters is 1. The van der Waals surface area contributed by atoms with Gasteiger partial charge in [0.05, 0.1) is 13.0 Å². The van der Waals surface area contributed by atoms with E-state index in [4.69, 9.17) is 9.47 Å². The van der Waals surface area contributed by atoms with Crippen molar-refractivity contribution in [3.8, 4) is 11.5 Å². The van der Waals surface area contributed by atoms with Crippen molar-refractivity contribution in [2.45, 2.75) is 84.5 Å². The first-order valence-electron chi connectivity index (χ1n) is 12.2. The van der Waals surface area contributed by atoms with Gasteiger partial charge in [-0.2, -0.15) is 0 Å². The highest BCUT2D eigenvalue weighted by Crippen LogP contribution is 2.44. The molecule has 0 bridgehead atoms. The minimum absolute atomic E-state index is 0.141. The molecule has 0 aliphatic heterocycles. The molecule has 3 nitrogen and oxygen atoms in total. The van der Waals surface area contributed by atoms with Gasteiger partial charge in [0.2, 0.25) is 0 Å². The number of carbonyl (C=O) groups is 1. The minimum atomic E-state index is -0.305. The van der Waals surface area contributed by atoms with Crippen LogP contribution in [0, 0.1) is 5.92 Å². The average Bonchev–Trinajstić information content (AvgIpc) is 2.75. The quantitative estimate of drug-likeness (QED) is 0.334. The van der Waals surface area contributed by atoms with Gasteiger partial charge in [0.25, 0.3) is 0 Å². The smallest absolute Gasteiger partial charge is 0.319 e. The lowest BCUT2D eigenvalue weighted by molar-refractivity contribution is -0.137. The molecule has 2 aromatic rings. The van der Waals surface area contributed by atoms with Crippen LogP contribution in [-0.2, 0) is 15.6 Å². The Balaban J connectivity index is 2.11. The number of fused-ring (bicyclic) bond motifs is 1. The van der Waals surface area contributed by atoms with Crippen molar-refractivity contribution < 1.29 is 14.3 Å². The molecule has 2 aromatic carbocycles. The van der Waals surface area contributed by atoms with Crippen LogP contribution in [0.3, 0.4) is 0 Å². The normalized spacial score (nSPS) is 18.1. The van der Waals surface area contributed by atoms with E-state index in [0.717, 1.165) is 47.3 Å². The standard InChI is InChI=1S/C30H40O3/c1-9-10-13-21-17-16-20-14-11-12-15-23(20)26(21)28(31)33-27-24(29(2,3)4)18-22(32-8)19-25(27)30(5,6)7/h11-12,14-19,21,26H,9-10,13H2,1-8H3/t21-,26-/m1/s1. The van der Waals surface area contributed by atoms with E-state index in [2.05, 4.69) is 72.8 Å². The summed E-state index contributed by atoms with van der Waals surface area (Å²) in [7, 11) is 1.68. The molecule has 0 saturated carbocycles. The van der Waals surface area contributed by atoms with Crippen LogP contribution in [0.5, 0.6) is 11.5 Å². The summed E-state index contributed by atoms with van der Waals surface area (Å²) in [6, 6.07) is 12.2. The van der Waals surface area contributed by atoms with Crippen molar-refractivity contribution in [3.05, 3.63) is 64.7 Å². The van der Waals surface area contributed by atoms with Gasteiger partial charge < -0.3 is 9.47 Å². The van der Waals surface area contributed by atoms with Gasteiger partial charge in [0.15, 0.2) is 0 Å².